The minimum Gasteiger partial charge on any atom is -0.496 e. The number of amides is 1. The van der Waals surface area contributed by atoms with E-state index in [1.54, 1.807) is 39.3 Å². The summed E-state index contributed by atoms with van der Waals surface area (Å²) in [5, 5.41) is 14.4. The molecule has 1 aromatic carbocycles. The summed E-state index contributed by atoms with van der Waals surface area (Å²) >= 11 is 0. The first-order chi connectivity index (χ1) is 21.2. The highest BCUT2D eigenvalue weighted by molar-refractivity contribution is 6.69. The molecule has 228 valence electrons. The SMILES string of the molecule is CCOC(=O)C1=C/C(=C\CN2C=CNC2N2CN=C3C(=O)N=C(N)N=C32)c2c(cc3c(c2OC)[C@@H]2C=CC[C@@](C)(O)[C@H]2O3)O1. The maximum atomic E-state index is 12.8. The van der Waals surface area contributed by atoms with Crippen LogP contribution in [0, 0.1) is 0 Å². The Morgan fingerprint density at radius 1 is 1.34 bits per heavy atom. The maximum Gasteiger partial charge on any atom is 0.374 e. The van der Waals surface area contributed by atoms with Crippen LogP contribution in [0.1, 0.15) is 37.3 Å². The van der Waals surface area contributed by atoms with Crippen molar-refractivity contribution in [2.45, 2.75) is 44.2 Å². The quantitative estimate of drug-likeness (QED) is 0.315. The highest BCUT2D eigenvalue weighted by Crippen LogP contribution is 2.55. The van der Waals surface area contributed by atoms with E-state index in [-0.39, 0.29) is 36.6 Å². The maximum absolute atomic E-state index is 12.8. The molecule has 1 aromatic rings. The zero-order chi connectivity index (χ0) is 30.7. The third kappa shape index (κ3) is 4.32. The smallest absolute Gasteiger partial charge is 0.374 e. The van der Waals surface area contributed by atoms with Gasteiger partial charge in [0.05, 0.1) is 19.3 Å². The van der Waals surface area contributed by atoms with Crippen molar-refractivity contribution in [1.29, 1.82) is 0 Å². The van der Waals surface area contributed by atoms with Gasteiger partial charge >= 0.3 is 11.9 Å². The van der Waals surface area contributed by atoms with Crippen molar-refractivity contribution in [3.8, 4) is 17.2 Å². The number of hydrogen-bond donors (Lipinski definition) is 3. The molecule has 7 rings (SSSR count). The molecule has 0 saturated heterocycles. The number of amidine groups is 1. The molecule has 4 N–H and O–H groups in total. The lowest BCUT2D eigenvalue weighted by atomic mass is 9.78. The molecular formula is C30H31N7O7. The Balaban J connectivity index is 1.26. The Kier molecular flexibility index (Phi) is 6.46. The fourth-order valence-corrected chi connectivity index (χ4v) is 6.29. The molecule has 5 heterocycles. The van der Waals surface area contributed by atoms with E-state index in [0.29, 0.717) is 47.2 Å². The van der Waals surface area contributed by atoms with Crippen molar-refractivity contribution in [2.75, 3.05) is 26.9 Å². The normalized spacial score (nSPS) is 28.5. The Morgan fingerprint density at radius 2 is 2.18 bits per heavy atom. The number of nitrogens with one attached hydrogen (secondary N) is 1. The van der Waals surface area contributed by atoms with Gasteiger partial charge in [0.15, 0.2) is 17.8 Å². The van der Waals surface area contributed by atoms with Crippen molar-refractivity contribution in [3.05, 3.63) is 59.7 Å². The van der Waals surface area contributed by atoms with Gasteiger partial charge in [0, 0.05) is 36.5 Å². The van der Waals surface area contributed by atoms with Crippen LogP contribution in [0.3, 0.4) is 0 Å². The Morgan fingerprint density at radius 3 is 2.98 bits per heavy atom. The minimum atomic E-state index is -1.08. The Bertz CT molecular complexity index is 1690. The molecule has 0 bridgehead atoms. The molecule has 1 amide bonds. The lowest BCUT2D eigenvalue weighted by Gasteiger charge is -2.34. The molecule has 14 heteroatoms. The second-order valence-electron chi connectivity index (χ2n) is 11.1. The minimum absolute atomic E-state index is 0.0176. The number of fused-ring (bicyclic) bond motifs is 5. The third-order valence-electron chi connectivity index (χ3n) is 8.27. The van der Waals surface area contributed by atoms with Gasteiger partial charge in [-0.05, 0) is 31.9 Å². The summed E-state index contributed by atoms with van der Waals surface area (Å²) in [6.45, 7) is 4.22. The summed E-state index contributed by atoms with van der Waals surface area (Å²) in [5.74, 6) is 0.311. The average molecular weight is 602 g/mol. The molecular weight excluding hydrogens is 570 g/mol. The van der Waals surface area contributed by atoms with Gasteiger partial charge in [-0.2, -0.15) is 9.98 Å². The number of carbonyl (C=O) groups is 2. The predicted molar refractivity (Wildman–Crippen MR) is 159 cm³/mol. The van der Waals surface area contributed by atoms with Crippen LogP contribution in [0.2, 0.25) is 0 Å². The number of nitrogens with zero attached hydrogens (tertiary/aromatic N) is 5. The monoisotopic (exact) mass is 601 g/mol. The number of aliphatic imine (C=N–C) groups is 3. The topological polar surface area (TPSA) is 173 Å². The van der Waals surface area contributed by atoms with Crippen molar-refractivity contribution in [3.63, 3.8) is 0 Å². The first-order valence-electron chi connectivity index (χ1n) is 14.2. The number of hydrogen-bond acceptors (Lipinski definition) is 13. The summed E-state index contributed by atoms with van der Waals surface area (Å²) in [7, 11) is 1.57. The summed E-state index contributed by atoms with van der Waals surface area (Å²) in [6, 6.07) is 1.74. The summed E-state index contributed by atoms with van der Waals surface area (Å²) < 4.78 is 23.6. The van der Waals surface area contributed by atoms with Gasteiger partial charge in [-0.15, -0.1) is 0 Å². The van der Waals surface area contributed by atoms with Crippen LogP contribution in [-0.4, -0.2) is 89.2 Å². The largest absolute Gasteiger partial charge is 0.496 e. The number of carbonyl (C=O) groups excluding carboxylic acids is 2. The van der Waals surface area contributed by atoms with E-state index < -0.39 is 29.9 Å². The van der Waals surface area contributed by atoms with Crippen molar-refractivity contribution < 1.29 is 33.6 Å². The fraction of sp³-hybridized carbons (Fsp3) is 0.367. The number of esters is 1. The Hall–Kier alpha value is -5.11. The molecule has 0 fully saturated rings. The van der Waals surface area contributed by atoms with Gasteiger partial charge in [-0.3, -0.25) is 14.7 Å². The highest BCUT2D eigenvalue weighted by Gasteiger charge is 2.49. The van der Waals surface area contributed by atoms with Crippen LogP contribution in [0.4, 0.5) is 0 Å². The van der Waals surface area contributed by atoms with Crippen LogP contribution in [0.5, 0.6) is 17.2 Å². The molecule has 1 unspecified atom stereocenters. The molecule has 44 heavy (non-hydrogen) atoms. The van der Waals surface area contributed by atoms with Gasteiger partial charge in [0.25, 0.3) is 0 Å². The van der Waals surface area contributed by atoms with Crippen molar-refractivity contribution >= 4 is 35.0 Å². The van der Waals surface area contributed by atoms with Crippen molar-refractivity contribution in [2.24, 2.45) is 20.7 Å². The summed E-state index contributed by atoms with van der Waals surface area (Å²) in [4.78, 5) is 41.2. The van der Waals surface area contributed by atoms with Gasteiger partial charge in [-0.1, -0.05) is 18.2 Å². The number of aliphatic hydroxyl groups is 1. The van der Waals surface area contributed by atoms with Crippen LogP contribution in [0.25, 0.3) is 5.57 Å². The zero-order valence-corrected chi connectivity index (χ0v) is 24.3. The number of benzene rings is 1. The molecule has 0 spiro atoms. The lowest BCUT2D eigenvalue weighted by molar-refractivity contribution is -0.141. The fourth-order valence-electron chi connectivity index (χ4n) is 6.29. The van der Waals surface area contributed by atoms with Crippen molar-refractivity contribution in [1.82, 2.24) is 15.1 Å². The lowest BCUT2D eigenvalue weighted by Crippen LogP contribution is -2.53. The molecule has 5 aliphatic heterocycles. The van der Waals surface area contributed by atoms with E-state index in [1.807, 2.05) is 34.2 Å². The molecule has 4 atom stereocenters. The second kappa shape index (κ2) is 10.3. The zero-order valence-electron chi connectivity index (χ0n) is 24.3. The second-order valence-corrected chi connectivity index (χ2v) is 11.1. The molecule has 14 nitrogen and oxygen atoms in total. The van der Waals surface area contributed by atoms with E-state index in [1.165, 1.54) is 0 Å². The number of nitrogens with two attached hydrogens (primary N) is 1. The predicted octanol–water partition coefficient (Wildman–Crippen LogP) is 1.10. The molecule has 0 saturated carbocycles. The van der Waals surface area contributed by atoms with Crippen LogP contribution in [-0.2, 0) is 14.3 Å². The number of allylic oxidation sites excluding steroid dienone is 2. The van der Waals surface area contributed by atoms with E-state index >= 15 is 0 Å². The standard InChI is InChI=1S/C30H31N7O7/c1-4-42-27(39)19-12-15(7-10-36-11-9-32-29(36)37-14-33-22-25(37)34-28(31)35-26(22)38)20-17(43-19)13-18-21(23(20)41-3)16-6-5-8-30(2,40)24(16)44-18/h5-7,9,11-13,16,24,29,32,40H,4,8,10,14H2,1-3H3,(H2,31,35,38)/b15-7+/t16-,24-,29?,30+/m0/s1. The number of rotatable bonds is 6. The number of guanidine groups is 1. The van der Waals surface area contributed by atoms with E-state index in [4.69, 9.17) is 24.7 Å². The molecule has 6 aliphatic rings. The van der Waals surface area contributed by atoms with Gasteiger partial charge in [-0.25, -0.2) is 4.79 Å². The van der Waals surface area contributed by atoms with Crippen LogP contribution in [0.15, 0.2) is 63.5 Å². The number of ether oxygens (including phenoxy) is 4. The van der Waals surface area contributed by atoms with E-state index in [9.17, 15) is 14.7 Å². The van der Waals surface area contributed by atoms with E-state index in [2.05, 4.69) is 20.3 Å². The highest BCUT2D eigenvalue weighted by atomic mass is 16.6. The Labute approximate surface area is 252 Å². The average Bonchev–Trinajstić information content (AvgIpc) is 3.72. The van der Waals surface area contributed by atoms with Crippen LogP contribution < -0.4 is 25.3 Å². The first kappa shape index (κ1) is 27.7. The van der Waals surface area contributed by atoms with Crippen LogP contribution >= 0.6 is 0 Å². The molecule has 1 aliphatic carbocycles. The van der Waals surface area contributed by atoms with Gasteiger partial charge < -0.3 is 40.0 Å². The molecule has 0 aromatic heterocycles. The third-order valence-corrected chi connectivity index (χ3v) is 8.27. The number of methoxy groups -OCH3 is 1. The van der Waals surface area contributed by atoms with E-state index in [0.717, 1.165) is 5.56 Å². The molecule has 0 radical (unpaired) electrons. The van der Waals surface area contributed by atoms with Gasteiger partial charge in [0.2, 0.25) is 11.7 Å². The first-order valence-corrected chi connectivity index (χ1v) is 14.2. The van der Waals surface area contributed by atoms with Gasteiger partial charge in [0.1, 0.15) is 35.6 Å². The summed E-state index contributed by atoms with van der Waals surface area (Å²) in [6.07, 6.45) is 10.7. The summed E-state index contributed by atoms with van der Waals surface area (Å²) in [5.41, 5.74) is 6.97.